The summed E-state index contributed by atoms with van der Waals surface area (Å²) in [5.41, 5.74) is 2.86. The zero-order chi connectivity index (χ0) is 24.9. The Morgan fingerprint density at radius 3 is 2.44 bits per heavy atom. The van der Waals surface area contributed by atoms with Crippen LogP contribution in [-0.2, 0) is 11.3 Å². The topological polar surface area (TPSA) is 104 Å². The number of benzene rings is 2. The smallest absolute Gasteiger partial charge is 0.350 e. The molecule has 1 aliphatic heterocycles. The monoisotopic (exact) mass is 485 g/mol. The van der Waals surface area contributed by atoms with E-state index in [9.17, 15) is 14.4 Å². The second kappa shape index (κ2) is 10.3. The normalized spacial score (nSPS) is 13.6. The number of piperazine rings is 1. The molecule has 0 aliphatic carbocycles. The molecular weight excluding hydrogens is 458 g/mol. The summed E-state index contributed by atoms with van der Waals surface area (Å²) in [6, 6.07) is 22.2. The number of nitrogens with one attached hydrogen (secondary N) is 2. The lowest BCUT2D eigenvalue weighted by Crippen LogP contribution is -2.51. The molecular formula is C26H27N7O3. The van der Waals surface area contributed by atoms with E-state index in [1.54, 1.807) is 41.4 Å². The van der Waals surface area contributed by atoms with Gasteiger partial charge in [0.2, 0.25) is 5.91 Å². The summed E-state index contributed by atoms with van der Waals surface area (Å²) in [6.07, 6.45) is 1.67. The number of hydrogen-bond acceptors (Lipinski definition) is 5. The number of pyridine rings is 1. The molecule has 184 valence electrons. The van der Waals surface area contributed by atoms with Crippen LogP contribution in [0.4, 0.5) is 16.2 Å². The molecule has 0 saturated carbocycles. The maximum atomic E-state index is 12.6. The van der Waals surface area contributed by atoms with Crippen molar-refractivity contribution in [3.8, 4) is 0 Å². The molecule has 10 heteroatoms. The summed E-state index contributed by atoms with van der Waals surface area (Å²) in [5.74, 6) is -0.113. The van der Waals surface area contributed by atoms with Gasteiger partial charge in [-0.3, -0.25) is 9.20 Å². The van der Waals surface area contributed by atoms with Gasteiger partial charge in [0.15, 0.2) is 5.65 Å². The van der Waals surface area contributed by atoms with Gasteiger partial charge in [0, 0.05) is 43.8 Å². The first-order valence-corrected chi connectivity index (χ1v) is 11.8. The number of nitrogens with zero attached hydrogens (tertiary/aromatic N) is 5. The highest BCUT2D eigenvalue weighted by Crippen LogP contribution is 2.15. The Labute approximate surface area is 207 Å². The number of para-hydroxylation sites is 1. The van der Waals surface area contributed by atoms with Crippen LogP contribution >= 0.6 is 0 Å². The van der Waals surface area contributed by atoms with E-state index < -0.39 is 6.03 Å². The fourth-order valence-electron chi connectivity index (χ4n) is 4.29. The van der Waals surface area contributed by atoms with Gasteiger partial charge < -0.3 is 20.4 Å². The van der Waals surface area contributed by atoms with Crippen LogP contribution in [0.2, 0.25) is 0 Å². The molecule has 2 aromatic heterocycles. The van der Waals surface area contributed by atoms with Crippen molar-refractivity contribution in [3.63, 3.8) is 0 Å². The lowest BCUT2D eigenvalue weighted by molar-refractivity contribution is -0.130. The lowest BCUT2D eigenvalue weighted by atomic mass is 10.2. The van der Waals surface area contributed by atoms with Crippen molar-refractivity contribution in [1.29, 1.82) is 0 Å². The van der Waals surface area contributed by atoms with Gasteiger partial charge in [0.05, 0.1) is 13.1 Å². The number of hydrogen-bond donors (Lipinski definition) is 2. The summed E-state index contributed by atoms with van der Waals surface area (Å²) in [7, 11) is 0. The SMILES string of the molecule is O=C(NCC(=O)N1CCN(c2ccccc2)CC1)Nc1cccc(Cn2nc3ccccn3c2=O)c1. The molecule has 1 aliphatic rings. The molecule has 0 unspecified atom stereocenters. The Hall–Kier alpha value is -4.60. The van der Waals surface area contributed by atoms with E-state index in [-0.39, 0.29) is 24.7 Å². The summed E-state index contributed by atoms with van der Waals surface area (Å²) < 4.78 is 2.86. The molecule has 5 rings (SSSR count). The predicted octanol–water partition coefficient (Wildman–Crippen LogP) is 2.01. The minimum Gasteiger partial charge on any atom is -0.368 e. The first-order valence-electron chi connectivity index (χ1n) is 11.8. The summed E-state index contributed by atoms with van der Waals surface area (Å²) in [4.78, 5) is 41.5. The third-order valence-corrected chi connectivity index (χ3v) is 6.16. The highest BCUT2D eigenvalue weighted by atomic mass is 16.2. The van der Waals surface area contributed by atoms with E-state index in [2.05, 4.69) is 32.8 Å². The molecule has 3 amide bonds. The Bertz CT molecular complexity index is 1420. The van der Waals surface area contributed by atoms with Crippen LogP contribution in [0.1, 0.15) is 5.56 Å². The molecule has 0 radical (unpaired) electrons. The van der Waals surface area contributed by atoms with Crippen LogP contribution in [0.25, 0.3) is 5.65 Å². The quantitative estimate of drug-likeness (QED) is 0.435. The van der Waals surface area contributed by atoms with Gasteiger partial charge in [-0.1, -0.05) is 36.4 Å². The molecule has 0 spiro atoms. The Kier molecular flexibility index (Phi) is 6.65. The highest BCUT2D eigenvalue weighted by molar-refractivity contribution is 5.92. The largest absolute Gasteiger partial charge is 0.368 e. The van der Waals surface area contributed by atoms with Crippen LogP contribution in [0.15, 0.2) is 83.8 Å². The van der Waals surface area contributed by atoms with E-state index in [4.69, 9.17) is 0 Å². The summed E-state index contributed by atoms with van der Waals surface area (Å²) in [6.45, 7) is 2.93. The van der Waals surface area contributed by atoms with Gasteiger partial charge in [0.25, 0.3) is 0 Å². The van der Waals surface area contributed by atoms with Crippen LogP contribution in [0.5, 0.6) is 0 Å². The van der Waals surface area contributed by atoms with Gasteiger partial charge >= 0.3 is 11.7 Å². The number of carbonyl (C=O) groups excluding carboxylic acids is 2. The van der Waals surface area contributed by atoms with Crippen molar-refractivity contribution >= 4 is 29.0 Å². The number of aromatic nitrogens is 3. The zero-order valence-corrected chi connectivity index (χ0v) is 19.7. The van der Waals surface area contributed by atoms with Crippen molar-refractivity contribution < 1.29 is 9.59 Å². The number of amides is 3. The van der Waals surface area contributed by atoms with Crippen molar-refractivity contribution in [2.75, 3.05) is 42.9 Å². The number of urea groups is 1. The molecule has 1 fully saturated rings. The maximum absolute atomic E-state index is 12.6. The lowest BCUT2D eigenvalue weighted by Gasteiger charge is -2.36. The van der Waals surface area contributed by atoms with E-state index >= 15 is 0 Å². The number of carbonyl (C=O) groups is 2. The van der Waals surface area contributed by atoms with Gasteiger partial charge in [-0.05, 0) is 42.0 Å². The average molecular weight is 486 g/mol. The van der Waals surface area contributed by atoms with E-state index in [0.29, 0.717) is 24.4 Å². The zero-order valence-electron chi connectivity index (χ0n) is 19.7. The van der Waals surface area contributed by atoms with E-state index in [1.165, 1.54) is 9.08 Å². The van der Waals surface area contributed by atoms with Crippen LogP contribution < -0.4 is 21.2 Å². The molecule has 10 nitrogen and oxygen atoms in total. The van der Waals surface area contributed by atoms with Crippen LogP contribution in [-0.4, -0.2) is 63.7 Å². The molecule has 3 heterocycles. The van der Waals surface area contributed by atoms with Crippen LogP contribution in [0, 0.1) is 0 Å². The van der Waals surface area contributed by atoms with Gasteiger partial charge in [-0.25, -0.2) is 14.3 Å². The van der Waals surface area contributed by atoms with E-state index in [0.717, 1.165) is 24.3 Å². The predicted molar refractivity (Wildman–Crippen MR) is 137 cm³/mol. The van der Waals surface area contributed by atoms with Gasteiger partial charge in [0.1, 0.15) is 0 Å². The van der Waals surface area contributed by atoms with Crippen LogP contribution in [0.3, 0.4) is 0 Å². The number of fused-ring (bicyclic) bond motifs is 1. The standard InChI is InChI=1S/C26H27N7O3/c34-24(31-15-13-30(14-16-31)22-9-2-1-3-10-22)18-27-25(35)28-21-8-6-7-20(17-21)19-33-26(36)32-12-5-4-11-23(32)29-33/h1-12,17H,13-16,18-19H2,(H2,27,28,35). The molecule has 2 aromatic carbocycles. The molecule has 2 N–H and O–H groups in total. The Morgan fingerprint density at radius 2 is 1.67 bits per heavy atom. The van der Waals surface area contributed by atoms with Gasteiger partial charge in [-0.15, -0.1) is 5.10 Å². The van der Waals surface area contributed by atoms with Crippen molar-refractivity contribution in [3.05, 3.63) is 95.0 Å². The molecule has 4 aromatic rings. The first kappa shape index (κ1) is 23.2. The Balaban J connectivity index is 1.11. The first-order chi connectivity index (χ1) is 17.6. The molecule has 0 bridgehead atoms. The summed E-state index contributed by atoms with van der Waals surface area (Å²) in [5, 5.41) is 9.73. The average Bonchev–Trinajstić information content (AvgIpc) is 3.23. The minimum absolute atomic E-state index is 0.0759. The van der Waals surface area contributed by atoms with Crippen molar-refractivity contribution in [2.24, 2.45) is 0 Å². The van der Waals surface area contributed by atoms with Gasteiger partial charge in [-0.2, -0.15) is 0 Å². The second-order valence-electron chi connectivity index (χ2n) is 8.58. The fourth-order valence-corrected chi connectivity index (χ4v) is 4.29. The Morgan fingerprint density at radius 1 is 0.889 bits per heavy atom. The molecule has 36 heavy (non-hydrogen) atoms. The van der Waals surface area contributed by atoms with Crippen molar-refractivity contribution in [2.45, 2.75) is 6.54 Å². The fraction of sp³-hybridized carbons (Fsp3) is 0.231. The van der Waals surface area contributed by atoms with E-state index in [1.807, 2.05) is 30.3 Å². The highest BCUT2D eigenvalue weighted by Gasteiger charge is 2.21. The maximum Gasteiger partial charge on any atom is 0.350 e. The second-order valence-corrected chi connectivity index (χ2v) is 8.58. The third kappa shape index (κ3) is 5.22. The van der Waals surface area contributed by atoms with Crippen molar-refractivity contribution in [1.82, 2.24) is 24.4 Å². The number of anilines is 2. The summed E-state index contributed by atoms with van der Waals surface area (Å²) >= 11 is 0. The third-order valence-electron chi connectivity index (χ3n) is 6.16. The minimum atomic E-state index is -0.465. The number of rotatable bonds is 6. The molecule has 1 saturated heterocycles. The molecule has 0 atom stereocenters.